The number of aromatic amines is 1. The van der Waals surface area contributed by atoms with E-state index in [1.807, 2.05) is 18.3 Å². The molecule has 310 valence electrons. The number of hydrogen-bond acceptors (Lipinski definition) is 8. The van der Waals surface area contributed by atoms with Gasteiger partial charge in [0.05, 0.1) is 24.8 Å². The Kier molecular flexibility index (Phi) is 11.6. The second-order valence-electron chi connectivity index (χ2n) is 16.8. The number of ketones is 2. The van der Waals surface area contributed by atoms with Gasteiger partial charge < -0.3 is 34.3 Å². The molecule has 0 saturated heterocycles. The number of phenols is 1. The van der Waals surface area contributed by atoms with Crippen LogP contribution in [0.15, 0.2) is 109 Å². The number of carbonyl (C=O) groups is 3. The minimum atomic E-state index is -0.624. The molecule has 10 heteroatoms. The van der Waals surface area contributed by atoms with Crippen LogP contribution in [0.25, 0.3) is 10.8 Å². The van der Waals surface area contributed by atoms with Gasteiger partial charge in [-0.05, 0) is 85.1 Å². The Bertz CT molecular complexity index is 2510. The lowest BCUT2D eigenvalue weighted by Gasteiger charge is -2.43. The number of allylic oxidation sites excluding steroid dienone is 6. The van der Waals surface area contributed by atoms with Crippen molar-refractivity contribution in [1.82, 2.24) is 14.9 Å². The molecule has 2 aromatic carbocycles. The number of esters is 1. The number of fused-ring (bicyclic) bond motifs is 2. The average Bonchev–Trinajstić information content (AvgIpc) is 3.88. The van der Waals surface area contributed by atoms with E-state index < -0.39 is 18.1 Å². The fourth-order valence-corrected chi connectivity index (χ4v) is 9.76. The van der Waals surface area contributed by atoms with Gasteiger partial charge in [0, 0.05) is 86.7 Å². The van der Waals surface area contributed by atoms with Gasteiger partial charge in [0.1, 0.15) is 23.5 Å². The smallest absolute Gasteiger partial charge is 0.302 e. The topological polar surface area (TPSA) is 126 Å². The lowest BCUT2D eigenvalue weighted by Crippen LogP contribution is -2.36. The lowest BCUT2D eigenvalue weighted by molar-refractivity contribution is -0.148. The molecule has 0 fully saturated rings. The molecule has 3 N–H and O–H groups in total. The Morgan fingerprint density at radius 3 is 2.77 bits per heavy atom. The van der Waals surface area contributed by atoms with Gasteiger partial charge in [-0.3, -0.25) is 14.4 Å². The van der Waals surface area contributed by atoms with E-state index in [9.17, 15) is 19.5 Å². The Balaban J connectivity index is 1.29. The van der Waals surface area contributed by atoms with Crippen molar-refractivity contribution in [2.24, 2.45) is 11.3 Å². The van der Waals surface area contributed by atoms with Gasteiger partial charge in [0.25, 0.3) is 0 Å². The lowest BCUT2D eigenvalue weighted by atomic mass is 9.61. The maximum atomic E-state index is 14.5. The molecule has 0 amide bonds. The molecule has 4 aliphatic rings. The van der Waals surface area contributed by atoms with Crippen LogP contribution in [0.3, 0.4) is 0 Å². The van der Waals surface area contributed by atoms with Gasteiger partial charge in [0.15, 0.2) is 11.5 Å². The maximum Gasteiger partial charge on any atom is 0.302 e. The van der Waals surface area contributed by atoms with Crippen molar-refractivity contribution in [2.45, 2.75) is 90.2 Å². The van der Waals surface area contributed by atoms with Gasteiger partial charge in [-0.2, -0.15) is 0 Å². The van der Waals surface area contributed by atoms with Crippen LogP contribution in [-0.4, -0.2) is 58.5 Å². The molecule has 1 spiro atoms. The fraction of sp³-hybridized carbons (Fsp3) is 0.380. The quantitative estimate of drug-likeness (QED) is 0.131. The first kappa shape index (κ1) is 40.6. The van der Waals surface area contributed by atoms with Crippen molar-refractivity contribution in [3.63, 3.8) is 0 Å². The summed E-state index contributed by atoms with van der Waals surface area (Å²) in [5, 5.41) is 16.1. The molecule has 4 aromatic rings. The number of H-pyrrole nitrogens is 1. The van der Waals surface area contributed by atoms with Crippen molar-refractivity contribution in [3.8, 4) is 23.3 Å². The van der Waals surface area contributed by atoms with Crippen LogP contribution in [0.1, 0.15) is 94.4 Å². The number of Topliss-reactive ketones (excluding diaryl/α,β-unsaturated/α-hetero) is 2. The van der Waals surface area contributed by atoms with E-state index in [0.717, 1.165) is 40.7 Å². The van der Waals surface area contributed by atoms with Crippen LogP contribution in [0.5, 0.6) is 11.5 Å². The first-order valence-corrected chi connectivity index (χ1v) is 21.1. The Labute approximate surface area is 352 Å². The number of anilines is 1. The molecular weight excluding hydrogens is 753 g/mol. The van der Waals surface area contributed by atoms with E-state index >= 15 is 0 Å². The summed E-state index contributed by atoms with van der Waals surface area (Å²) in [7, 11) is 1.51. The van der Waals surface area contributed by atoms with E-state index in [1.165, 1.54) is 36.3 Å². The Morgan fingerprint density at radius 2 is 1.95 bits per heavy atom. The van der Waals surface area contributed by atoms with Crippen LogP contribution in [-0.2, 0) is 25.5 Å². The number of dihydropyridines is 1. The van der Waals surface area contributed by atoms with E-state index in [-0.39, 0.29) is 47.4 Å². The predicted molar refractivity (Wildman–Crippen MR) is 234 cm³/mol. The van der Waals surface area contributed by atoms with Crippen LogP contribution in [0, 0.1) is 23.2 Å². The second kappa shape index (κ2) is 17.2. The van der Waals surface area contributed by atoms with Crippen LogP contribution >= 0.6 is 0 Å². The van der Waals surface area contributed by atoms with Gasteiger partial charge in [-0.1, -0.05) is 66.8 Å². The molecule has 0 radical (unpaired) electrons. The highest BCUT2D eigenvalue weighted by Gasteiger charge is 2.42. The number of hydrogen-bond donors (Lipinski definition) is 3. The van der Waals surface area contributed by atoms with Crippen molar-refractivity contribution in [2.75, 3.05) is 25.1 Å². The number of aromatic hydroxyl groups is 1. The minimum Gasteiger partial charge on any atom is -0.504 e. The Hall–Kier alpha value is -6.21. The number of methoxy groups -OCH3 is 1. The first-order valence-electron chi connectivity index (χ1n) is 21.1. The first-order chi connectivity index (χ1) is 29.0. The van der Waals surface area contributed by atoms with Gasteiger partial charge in [0.2, 0.25) is 0 Å². The molecule has 2 aromatic heterocycles. The molecule has 4 heterocycles. The number of nitrogens with zero attached hydrogens (tertiary/aromatic N) is 2. The Morgan fingerprint density at radius 1 is 1.08 bits per heavy atom. The molecule has 10 nitrogen and oxygen atoms in total. The van der Waals surface area contributed by atoms with Crippen LogP contribution in [0.4, 0.5) is 5.69 Å². The van der Waals surface area contributed by atoms with Crippen molar-refractivity contribution in [3.05, 3.63) is 125 Å². The highest BCUT2D eigenvalue weighted by atomic mass is 16.5. The number of carbonyl (C=O) groups excluding carboxylic acids is 3. The van der Waals surface area contributed by atoms with E-state index in [2.05, 4.69) is 99.6 Å². The van der Waals surface area contributed by atoms with Gasteiger partial charge in [-0.25, -0.2) is 0 Å². The summed E-state index contributed by atoms with van der Waals surface area (Å²) in [4.78, 5) is 45.3. The third-order valence-corrected chi connectivity index (χ3v) is 12.9. The summed E-state index contributed by atoms with van der Waals surface area (Å²) in [5.74, 6) is 8.27. The largest absolute Gasteiger partial charge is 0.504 e. The fourth-order valence-electron chi connectivity index (χ4n) is 9.76. The normalized spacial score (nSPS) is 24.2. The third-order valence-electron chi connectivity index (χ3n) is 12.9. The summed E-state index contributed by atoms with van der Waals surface area (Å²) in [6, 6.07) is 10.9. The zero-order valence-corrected chi connectivity index (χ0v) is 34.9. The summed E-state index contributed by atoms with van der Waals surface area (Å²) < 4.78 is 13.6. The maximum absolute atomic E-state index is 14.5. The van der Waals surface area contributed by atoms with Crippen molar-refractivity contribution in [1.29, 1.82) is 0 Å². The molecule has 2 aliphatic carbocycles. The summed E-state index contributed by atoms with van der Waals surface area (Å²) in [6.07, 6.45) is 22.6. The SMILES string of the molecule is COc1cc([C@H]2CC(=O)C[C@H](OC(C)=O)CC[C@@]34Cc5c[nH]cc5[C@@H](C#CCC3=CC=C[C@H]4C)CC3=CCNC(=C3)N(CCC(C)=O)c3cccc4cn2cc34)ccc1O. The highest BCUT2D eigenvalue weighted by Crippen LogP contribution is 2.50. The number of aromatic nitrogens is 2. The molecule has 8 rings (SSSR count). The molecule has 5 atom stereocenters. The van der Waals surface area contributed by atoms with Crippen LogP contribution in [0.2, 0.25) is 0 Å². The minimum absolute atomic E-state index is 0.00538. The zero-order valence-electron chi connectivity index (χ0n) is 34.9. The monoisotopic (exact) mass is 806 g/mol. The summed E-state index contributed by atoms with van der Waals surface area (Å²) >= 11 is 0. The molecule has 0 saturated carbocycles. The highest BCUT2D eigenvalue weighted by molar-refractivity contribution is 5.95. The number of nitrogens with one attached hydrogen (secondary N) is 2. The van der Waals surface area contributed by atoms with E-state index in [4.69, 9.17) is 9.47 Å². The second-order valence-corrected chi connectivity index (χ2v) is 16.8. The number of benzene rings is 2. The van der Waals surface area contributed by atoms with Crippen molar-refractivity contribution >= 4 is 34.0 Å². The zero-order chi connectivity index (χ0) is 42.0. The predicted octanol–water partition coefficient (Wildman–Crippen LogP) is 8.75. The van der Waals surface area contributed by atoms with Crippen LogP contribution < -0.4 is 15.0 Å². The van der Waals surface area contributed by atoms with E-state index in [0.29, 0.717) is 44.5 Å². The molecule has 2 aliphatic heterocycles. The standard InChI is InChI=1S/C50H54N4O6/c1-32-8-5-11-40-12-6-9-36-22-35-17-20-52-49(23-35)54(21-18-33(2)55)45-13-7-10-38-30-53(31-44(38)45)46(37-14-15-47(58)48(24-37)59-4)26-41(57)25-42(60-34(3)56)16-19-50(32,40)27-39-28-51-29-43(36)39/h5,7-8,10-11,13-15,17,23-24,28-32,36,42,46,51-52,58H,12,16,18-22,25-27H2,1-4H3/t32-,36+,42-,46-,50+/m1/s1. The van der Waals surface area contributed by atoms with E-state index in [1.54, 1.807) is 19.1 Å². The van der Waals surface area contributed by atoms with Gasteiger partial charge >= 0.3 is 5.97 Å². The average molecular weight is 807 g/mol. The molecule has 6 bridgehead atoms. The number of phenolic OH excluding ortho intramolecular Hbond substituents is 1. The third kappa shape index (κ3) is 8.31. The summed E-state index contributed by atoms with van der Waals surface area (Å²) in [5.41, 5.74) is 6.25. The van der Waals surface area contributed by atoms with Gasteiger partial charge in [-0.15, -0.1) is 0 Å². The molecular formula is C50H54N4O6. The molecule has 0 unspecified atom stereocenters. The number of rotatable bonds is 6. The summed E-state index contributed by atoms with van der Waals surface area (Å²) in [6.45, 7) is 6.39. The van der Waals surface area contributed by atoms with Crippen molar-refractivity contribution < 1.29 is 29.0 Å². The number of ether oxygens (including phenoxy) is 2. The molecule has 60 heavy (non-hydrogen) atoms.